The van der Waals surface area contributed by atoms with E-state index >= 15 is 0 Å². The zero-order valence-corrected chi connectivity index (χ0v) is 17.4. The number of rotatable bonds is 6. The van der Waals surface area contributed by atoms with Crippen LogP contribution in [0.15, 0.2) is 29.3 Å². The van der Waals surface area contributed by atoms with Crippen LogP contribution in [0.3, 0.4) is 0 Å². The molecule has 6 nitrogen and oxygen atoms in total. The molecule has 0 atom stereocenters. The number of guanidine groups is 1. The molecule has 1 aromatic rings. The molecule has 0 saturated carbocycles. The van der Waals surface area contributed by atoms with Crippen LogP contribution in [0.4, 0.5) is 4.39 Å². The first-order valence-electron chi connectivity index (χ1n) is 9.27. The summed E-state index contributed by atoms with van der Waals surface area (Å²) in [6.45, 7) is 6.62. The molecule has 2 rings (SSSR count). The highest BCUT2D eigenvalue weighted by Crippen LogP contribution is 2.23. The molecule has 27 heavy (non-hydrogen) atoms. The fourth-order valence-corrected chi connectivity index (χ4v) is 4.10. The first kappa shape index (κ1) is 21.6. The van der Waals surface area contributed by atoms with Gasteiger partial charge in [0, 0.05) is 38.6 Å². The molecule has 1 aromatic carbocycles. The lowest BCUT2D eigenvalue weighted by Crippen LogP contribution is -2.46. The van der Waals surface area contributed by atoms with E-state index in [1.54, 1.807) is 19.2 Å². The number of aliphatic imine (C=N–C) groups is 1. The average molecular weight is 399 g/mol. The van der Waals surface area contributed by atoms with E-state index in [4.69, 9.17) is 0 Å². The van der Waals surface area contributed by atoms with Crippen molar-refractivity contribution < 1.29 is 12.8 Å². The molecule has 0 radical (unpaired) electrons. The average Bonchev–Trinajstić information content (AvgIpc) is 2.61. The van der Waals surface area contributed by atoms with E-state index in [0.29, 0.717) is 31.5 Å². The molecule has 0 unspecified atom stereocenters. The summed E-state index contributed by atoms with van der Waals surface area (Å²) in [5.74, 6) is 0.881. The first-order valence-corrected chi connectivity index (χ1v) is 11.1. The van der Waals surface area contributed by atoms with Crippen molar-refractivity contribution >= 4 is 16.0 Å². The van der Waals surface area contributed by atoms with Crippen LogP contribution in [0.1, 0.15) is 32.3 Å². The van der Waals surface area contributed by atoms with Gasteiger partial charge in [0.2, 0.25) is 10.0 Å². The van der Waals surface area contributed by atoms with Gasteiger partial charge in [0.15, 0.2) is 5.96 Å². The van der Waals surface area contributed by atoms with Crippen molar-refractivity contribution in [3.8, 4) is 0 Å². The predicted octanol–water partition coefficient (Wildman–Crippen LogP) is 1.94. The largest absolute Gasteiger partial charge is 0.356 e. The number of sulfonamides is 1. The van der Waals surface area contributed by atoms with Crippen molar-refractivity contribution in [1.82, 2.24) is 14.9 Å². The van der Waals surface area contributed by atoms with E-state index in [1.165, 1.54) is 16.6 Å². The second kappa shape index (κ2) is 9.01. The Morgan fingerprint density at radius 2 is 1.96 bits per heavy atom. The summed E-state index contributed by atoms with van der Waals surface area (Å²) in [6, 6.07) is 6.66. The summed E-state index contributed by atoms with van der Waals surface area (Å²) in [5.41, 5.74) is 0.680. The summed E-state index contributed by atoms with van der Waals surface area (Å²) in [4.78, 5) is 4.25. The molecule has 0 bridgehead atoms. The van der Waals surface area contributed by atoms with Crippen LogP contribution < -0.4 is 10.6 Å². The molecular formula is C19H31FN4O2S. The summed E-state index contributed by atoms with van der Waals surface area (Å²) in [6.07, 6.45) is 2.94. The fourth-order valence-electron chi connectivity index (χ4n) is 3.22. The summed E-state index contributed by atoms with van der Waals surface area (Å²) >= 11 is 0. The second-order valence-electron chi connectivity index (χ2n) is 7.81. The third kappa shape index (κ3) is 6.46. The van der Waals surface area contributed by atoms with E-state index < -0.39 is 10.0 Å². The smallest absolute Gasteiger partial charge is 0.211 e. The molecule has 152 valence electrons. The maximum Gasteiger partial charge on any atom is 0.211 e. The molecule has 8 heteroatoms. The standard InChI is InChI=1S/C19H31FN4O2S/c1-19(2,16-6-5-7-17(20)12-16)14-23-18(21-3)22-13-15-8-10-24(11-9-15)27(4,25)26/h5-7,12,15H,8-11,13-14H2,1-4H3,(H2,21,22,23). The van der Waals surface area contributed by atoms with Gasteiger partial charge in [-0.2, -0.15) is 0 Å². The number of nitrogens with zero attached hydrogens (tertiary/aromatic N) is 2. The Kier molecular flexibility index (Phi) is 7.22. The fraction of sp³-hybridized carbons (Fsp3) is 0.632. The maximum atomic E-state index is 13.5. The SMILES string of the molecule is CN=C(NCC1CCN(S(C)(=O)=O)CC1)NCC(C)(C)c1cccc(F)c1. The van der Waals surface area contributed by atoms with Crippen LogP contribution in [0.25, 0.3) is 0 Å². The van der Waals surface area contributed by atoms with E-state index in [2.05, 4.69) is 29.5 Å². The molecule has 0 aromatic heterocycles. The highest BCUT2D eigenvalue weighted by molar-refractivity contribution is 7.88. The third-order valence-electron chi connectivity index (χ3n) is 5.13. The molecule has 1 saturated heterocycles. The lowest BCUT2D eigenvalue weighted by Gasteiger charge is -2.31. The molecule has 0 amide bonds. The first-order chi connectivity index (χ1) is 12.6. The highest BCUT2D eigenvalue weighted by atomic mass is 32.2. The molecule has 1 aliphatic rings. The normalized spacial score (nSPS) is 17.7. The molecule has 1 fully saturated rings. The van der Waals surface area contributed by atoms with Crippen molar-refractivity contribution in [2.24, 2.45) is 10.9 Å². The van der Waals surface area contributed by atoms with Crippen LogP contribution in [-0.2, 0) is 15.4 Å². The van der Waals surface area contributed by atoms with Gasteiger partial charge in [-0.3, -0.25) is 4.99 Å². The Labute approximate surface area is 162 Å². The molecule has 2 N–H and O–H groups in total. The van der Waals surface area contributed by atoms with Gasteiger partial charge in [-0.15, -0.1) is 0 Å². The quantitative estimate of drug-likeness (QED) is 0.567. The topological polar surface area (TPSA) is 73.8 Å². The monoisotopic (exact) mass is 398 g/mol. The van der Waals surface area contributed by atoms with Crippen LogP contribution >= 0.6 is 0 Å². The zero-order chi connectivity index (χ0) is 20.1. The van der Waals surface area contributed by atoms with Gasteiger partial charge in [-0.25, -0.2) is 17.1 Å². The van der Waals surface area contributed by atoms with Crippen LogP contribution in [0.2, 0.25) is 0 Å². The van der Waals surface area contributed by atoms with Crippen LogP contribution in [0.5, 0.6) is 0 Å². The summed E-state index contributed by atoms with van der Waals surface area (Å²) in [5, 5.41) is 6.64. The van der Waals surface area contributed by atoms with E-state index in [-0.39, 0.29) is 11.2 Å². The Morgan fingerprint density at radius 1 is 1.30 bits per heavy atom. The summed E-state index contributed by atoms with van der Waals surface area (Å²) < 4.78 is 38.2. The van der Waals surface area contributed by atoms with Crippen LogP contribution in [-0.4, -0.2) is 58.2 Å². The minimum absolute atomic E-state index is 0.233. The van der Waals surface area contributed by atoms with E-state index in [1.807, 2.05) is 6.07 Å². The number of benzene rings is 1. The van der Waals surface area contributed by atoms with Gasteiger partial charge in [-0.05, 0) is 36.5 Å². The second-order valence-corrected chi connectivity index (χ2v) is 9.79. The van der Waals surface area contributed by atoms with Gasteiger partial charge in [-0.1, -0.05) is 26.0 Å². The maximum absolute atomic E-state index is 13.5. The number of piperidine rings is 1. The Bertz CT molecular complexity index is 757. The van der Waals surface area contributed by atoms with Gasteiger partial charge in [0.05, 0.1) is 6.26 Å². The Morgan fingerprint density at radius 3 is 2.52 bits per heavy atom. The Balaban J connectivity index is 1.81. The number of nitrogens with one attached hydrogen (secondary N) is 2. The number of hydrogen-bond acceptors (Lipinski definition) is 3. The van der Waals surface area contributed by atoms with Crippen molar-refractivity contribution in [1.29, 1.82) is 0 Å². The van der Waals surface area contributed by atoms with Crippen molar-refractivity contribution in [2.75, 3.05) is 39.5 Å². The van der Waals surface area contributed by atoms with E-state index in [0.717, 1.165) is 24.9 Å². The van der Waals surface area contributed by atoms with E-state index in [9.17, 15) is 12.8 Å². The molecule has 1 heterocycles. The van der Waals surface area contributed by atoms with Gasteiger partial charge < -0.3 is 10.6 Å². The lowest BCUT2D eigenvalue weighted by atomic mass is 9.84. The summed E-state index contributed by atoms with van der Waals surface area (Å²) in [7, 11) is -1.37. The van der Waals surface area contributed by atoms with Crippen LogP contribution in [0, 0.1) is 11.7 Å². The minimum atomic E-state index is -3.09. The molecule has 1 aliphatic heterocycles. The third-order valence-corrected chi connectivity index (χ3v) is 6.43. The number of halogens is 1. The van der Waals surface area contributed by atoms with Gasteiger partial charge >= 0.3 is 0 Å². The lowest BCUT2D eigenvalue weighted by molar-refractivity contribution is 0.274. The van der Waals surface area contributed by atoms with Gasteiger partial charge in [0.1, 0.15) is 5.82 Å². The molecular weight excluding hydrogens is 367 g/mol. The minimum Gasteiger partial charge on any atom is -0.356 e. The highest BCUT2D eigenvalue weighted by Gasteiger charge is 2.25. The van der Waals surface area contributed by atoms with Gasteiger partial charge in [0.25, 0.3) is 0 Å². The zero-order valence-electron chi connectivity index (χ0n) is 16.6. The molecule has 0 spiro atoms. The van der Waals surface area contributed by atoms with Crippen molar-refractivity contribution in [2.45, 2.75) is 32.1 Å². The van der Waals surface area contributed by atoms with Crippen molar-refractivity contribution in [3.05, 3.63) is 35.6 Å². The predicted molar refractivity (Wildman–Crippen MR) is 108 cm³/mol. The number of hydrogen-bond donors (Lipinski definition) is 2. The Hall–Kier alpha value is -1.67. The van der Waals surface area contributed by atoms with Crippen molar-refractivity contribution in [3.63, 3.8) is 0 Å². The molecule has 0 aliphatic carbocycles.